The summed E-state index contributed by atoms with van der Waals surface area (Å²) in [7, 11) is -1.48. The van der Waals surface area contributed by atoms with Crippen LogP contribution in [0, 0.1) is 29.1 Å². The van der Waals surface area contributed by atoms with E-state index in [0.717, 1.165) is 12.8 Å². The van der Waals surface area contributed by atoms with Gasteiger partial charge in [-0.1, -0.05) is 48.0 Å². The summed E-state index contributed by atoms with van der Waals surface area (Å²) >= 11 is 0. The predicted molar refractivity (Wildman–Crippen MR) is 94.6 cm³/mol. The van der Waals surface area contributed by atoms with Crippen molar-refractivity contribution in [3.8, 4) is 0 Å². The first-order valence-corrected chi connectivity index (χ1v) is 11.6. The van der Waals surface area contributed by atoms with Gasteiger partial charge in [0.25, 0.3) is 0 Å². The fraction of sp³-hybridized carbons (Fsp3) is 0.944. The van der Waals surface area contributed by atoms with E-state index >= 15 is 0 Å². The van der Waals surface area contributed by atoms with Crippen molar-refractivity contribution < 1.29 is 14.3 Å². The second-order valence-electron chi connectivity index (χ2n) is 8.89. The number of rotatable bonds is 5. The third kappa shape index (κ3) is 3.76. The average molecular weight is 329 g/mol. The van der Waals surface area contributed by atoms with Crippen LogP contribution < -0.4 is 0 Å². The summed E-state index contributed by atoms with van der Waals surface area (Å²) in [4.78, 5) is 12.5. The fourth-order valence-electron chi connectivity index (χ4n) is 4.39. The Morgan fingerprint density at radius 2 is 1.77 bits per heavy atom. The fourth-order valence-corrected chi connectivity index (χ4v) is 5.76. The van der Waals surface area contributed by atoms with Crippen molar-refractivity contribution in [1.82, 2.24) is 0 Å². The number of aliphatic carboxylic acids is 1. The van der Waals surface area contributed by atoms with Crippen molar-refractivity contribution in [2.45, 2.75) is 79.5 Å². The molecular formula is C18H36O3Si. The largest absolute Gasteiger partial charge is 0.479 e. The first-order valence-electron chi connectivity index (χ1n) is 8.84. The zero-order valence-corrected chi connectivity index (χ0v) is 16.9. The van der Waals surface area contributed by atoms with Gasteiger partial charge < -0.3 is 9.53 Å². The lowest BCUT2D eigenvalue weighted by molar-refractivity contribution is -0.186. The summed E-state index contributed by atoms with van der Waals surface area (Å²) in [5.41, 5.74) is -1.47. The SMILES string of the molecule is CC1CCC(C(C)C)C(C(O[SiH](C)C)(C(=O)O)C(C)(C)C)C1. The number of carboxylic acids is 1. The van der Waals surface area contributed by atoms with Crippen LogP contribution >= 0.6 is 0 Å². The lowest BCUT2D eigenvalue weighted by atomic mass is 9.57. The summed E-state index contributed by atoms with van der Waals surface area (Å²) in [6.07, 6.45) is 3.30. The molecule has 0 aromatic heterocycles. The zero-order chi connectivity index (χ0) is 17.3. The molecule has 22 heavy (non-hydrogen) atoms. The molecule has 3 nitrogen and oxygen atoms in total. The van der Waals surface area contributed by atoms with Crippen LogP contribution in [-0.4, -0.2) is 25.7 Å². The maximum atomic E-state index is 12.5. The van der Waals surface area contributed by atoms with Crippen LogP contribution in [0.3, 0.4) is 0 Å². The normalized spacial score (nSPS) is 29.6. The molecule has 1 aliphatic rings. The maximum Gasteiger partial charge on any atom is 0.335 e. The molecule has 1 fully saturated rings. The topological polar surface area (TPSA) is 46.5 Å². The summed E-state index contributed by atoms with van der Waals surface area (Å²) in [6.45, 7) is 17.0. The maximum absolute atomic E-state index is 12.5. The highest BCUT2D eigenvalue weighted by Crippen LogP contribution is 2.51. The number of carboxylic acid groups (broad SMARTS) is 1. The van der Waals surface area contributed by atoms with Crippen molar-refractivity contribution in [3.05, 3.63) is 0 Å². The molecule has 0 aromatic rings. The molecule has 0 bridgehead atoms. The molecule has 0 aliphatic heterocycles. The van der Waals surface area contributed by atoms with Crippen LogP contribution in [0.5, 0.6) is 0 Å². The van der Waals surface area contributed by atoms with E-state index in [0.29, 0.717) is 17.8 Å². The molecule has 4 unspecified atom stereocenters. The van der Waals surface area contributed by atoms with E-state index in [1.807, 2.05) is 20.8 Å². The highest BCUT2D eigenvalue weighted by atomic mass is 28.3. The van der Waals surface area contributed by atoms with Gasteiger partial charge in [-0.25, -0.2) is 4.79 Å². The Hall–Kier alpha value is -0.353. The molecular weight excluding hydrogens is 292 g/mol. The van der Waals surface area contributed by atoms with E-state index in [4.69, 9.17) is 4.43 Å². The molecule has 1 aliphatic carbocycles. The van der Waals surface area contributed by atoms with Crippen LogP contribution in [0.25, 0.3) is 0 Å². The average Bonchev–Trinajstić information content (AvgIpc) is 2.33. The summed E-state index contributed by atoms with van der Waals surface area (Å²) < 4.78 is 6.37. The minimum atomic E-state index is -1.48. The van der Waals surface area contributed by atoms with Gasteiger partial charge in [0.15, 0.2) is 14.6 Å². The van der Waals surface area contributed by atoms with E-state index in [9.17, 15) is 9.90 Å². The molecule has 4 atom stereocenters. The van der Waals surface area contributed by atoms with E-state index in [1.165, 1.54) is 6.42 Å². The second-order valence-corrected chi connectivity index (χ2v) is 11.2. The van der Waals surface area contributed by atoms with Gasteiger partial charge in [0, 0.05) is 11.3 Å². The third-order valence-corrected chi connectivity index (χ3v) is 6.24. The highest BCUT2D eigenvalue weighted by molar-refractivity contribution is 6.48. The van der Waals surface area contributed by atoms with E-state index in [1.54, 1.807) is 0 Å². The van der Waals surface area contributed by atoms with E-state index < -0.39 is 26.0 Å². The van der Waals surface area contributed by atoms with Crippen LogP contribution in [0.1, 0.15) is 60.8 Å². The van der Waals surface area contributed by atoms with Crippen LogP contribution in [0.4, 0.5) is 0 Å². The Bertz CT molecular complexity index is 386. The first kappa shape index (κ1) is 19.7. The van der Waals surface area contributed by atoms with Gasteiger partial charge in [0.1, 0.15) is 0 Å². The molecule has 0 saturated heterocycles. The molecule has 0 aromatic carbocycles. The summed E-state index contributed by atoms with van der Waals surface area (Å²) in [6, 6.07) is 0. The lowest BCUT2D eigenvalue weighted by Gasteiger charge is -2.53. The molecule has 1 rings (SSSR count). The first-order chi connectivity index (χ1) is 9.93. The van der Waals surface area contributed by atoms with Gasteiger partial charge in [-0.15, -0.1) is 0 Å². The molecule has 0 amide bonds. The van der Waals surface area contributed by atoms with Crippen LogP contribution in [0.2, 0.25) is 13.1 Å². The van der Waals surface area contributed by atoms with Crippen LogP contribution in [-0.2, 0) is 9.22 Å². The molecule has 4 heteroatoms. The zero-order valence-electron chi connectivity index (χ0n) is 15.8. The van der Waals surface area contributed by atoms with Crippen molar-refractivity contribution in [2.75, 3.05) is 0 Å². The molecule has 1 saturated carbocycles. The van der Waals surface area contributed by atoms with Crippen molar-refractivity contribution >= 4 is 15.0 Å². The molecule has 0 heterocycles. The third-order valence-electron chi connectivity index (χ3n) is 5.40. The van der Waals surface area contributed by atoms with Gasteiger partial charge in [0.2, 0.25) is 0 Å². The molecule has 130 valence electrons. The highest BCUT2D eigenvalue weighted by Gasteiger charge is 2.58. The minimum Gasteiger partial charge on any atom is -0.479 e. The van der Waals surface area contributed by atoms with Crippen molar-refractivity contribution in [1.29, 1.82) is 0 Å². The summed E-state index contributed by atoms with van der Waals surface area (Å²) in [5.74, 6) is 0.850. The lowest BCUT2D eigenvalue weighted by Crippen LogP contribution is -2.62. The van der Waals surface area contributed by atoms with Crippen LogP contribution in [0.15, 0.2) is 0 Å². The molecule has 0 radical (unpaired) electrons. The quantitative estimate of drug-likeness (QED) is 0.752. The Morgan fingerprint density at radius 1 is 1.23 bits per heavy atom. The standard InChI is InChI=1S/C18H36O3Si/c1-12(2)14-10-9-13(3)11-15(14)18(16(19)20,17(4,5)6)21-22(7)8/h12-15,22H,9-11H2,1-8H3,(H,19,20). The Balaban J connectivity index is 3.41. The van der Waals surface area contributed by atoms with E-state index in [-0.39, 0.29) is 5.92 Å². The van der Waals surface area contributed by atoms with Gasteiger partial charge >= 0.3 is 5.97 Å². The van der Waals surface area contributed by atoms with Gasteiger partial charge in [-0.2, -0.15) is 0 Å². The van der Waals surface area contributed by atoms with Gasteiger partial charge in [-0.05, 0) is 43.7 Å². The van der Waals surface area contributed by atoms with Gasteiger partial charge in [0.05, 0.1) is 0 Å². The number of carbonyl (C=O) groups is 1. The Labute approximate surface area is 138 Å². The van der Waals surface area contributed by atoms with Gasteiger partial charge in [-0.3, -0.25) is 0 Å². The van der Waals surface area contributed by atoms with Crippen molar-refractivity contribution in [3.63, 3.8) is 0 Å². The predicted octanol–water partition coefficient (Wildman–Crippen LogP) is 4.56. The minimum absolute atomic E-state index is 0.101. The number of hydrogen-bond acceptors (Lipinski definition) is 2. The molecule has 1 N–H and O–H groups in total. The monoisotopic (exact) mass is 328 g/mol. The Morgan fingerprint density at radius 3 is 2.14 bits per heavy atom. The van der Waals surface area contributed by atoms with Crippen molar-refractivity contribution in [2.24, 2.45) is 29.1 Å². The summed E-state index contributed by atoms with van der Waals surface area (Å²) in [5, 5.41) is 10.2. The number of hydrogen-bond donors (Lipinski definition) is 1. The smallest absolute Gasteiger partial charge is 0.335 e. The molecule has 0 spiro atoms. The Kier molecular flexibility index (Phi) is 6.30. The van der Waals surface area contributed by atoms with E-state index in [2.05, 4.69) is 33.9 Å². The second kappa shape index (κ2) is 7.04.